The highest BCUT2D eigenvalue weighted by Gasteiger charge is 2.26. The van der Waals surface area contributed by atoms with E-state index in [2.05, 4.69) is 34.4 Å². The van der Waals surface area contributed by atoms with Crippen LogP contribution in [0.1, 0.15) is 37.6 Å². The molecule has 1 aliphatic rings. The van der Waals surface area contributed by atoms with E-state index < -0.39 is 0 Å². The molecule has 2 rings (SSSR count). The fourth-order valence-electron chi connectivity index (χ4n) is 3.12. The lowest BCUT2D eigenvalue weighted by molar-refractivity contribution is 0.159. The minimum Gasteiger partial charge on any atom is -0.383 e. The molecule has 1 aromatic heterocycles. The Balaban J connectivity index is 1.89. The van der Waals surface area contributed by atoms with Crippen molar-refractivity contribution in [3.05, 3.63) is 29.6 Å². The average molecular weight is 334 g/mol. The number of carbonyl (C=O) groups is 1. The summed E-state index contributed by atoms with van der Waals surface area (Å²) in [6.45, 7) is 9.75. The molecule has 1 saturated heterocycles. The van der Waals surface area contributed by atoms with Gasteiger partial charge in [0.1, 0.15) is 0 Å². The van der Waals surface area contributed by atoms with Gasteiger partial charge in [-0.2, -0.15) is 0 Å². The van der Waals surface area contributed by atoms with Gasteiger partial charge < -0.3 is 15.4 Å². The fraction of sp³-hybridized carbons (Fsp3) is 0.667. The van der Waals surface area contributed by atoms with Gasteiger partial charge in [-0.25, -0.2) is 4.79 Å². The lowest BCUT2D eigenvalue weighted by atomic mass is 9.97. The normalized spacial score (nSPS) is 19.5. The average Bonchev–Trinajstić information content (AvgIpc) is 2.98. The third-order valence-corrected chi connectivity index (χ3v) is 4.52. The Kier molecular flexibility index (Phi) is 6.99. The first kappa shape index (κ1) is 18.7. The molecular formula is C18H30N4O2. The van der Waals surface area contributed by atoms with Crippen molar-refractivity contribution in [3.8, 4) is 0 Å². The molecule has 2 N–H and O–H groups in total. The summed E-state index contributed by atoms with van der Waals surface area (Å²) in [7, 11) is 1.71. The molecule has 0 radical (unpaired) electrons. The summed E-state index contributed by atoms with van der Waals surface area (Å²) in [4.78, 5) is 19.2. The highest BCUT2D eigenvalue weighted by Crippen LogP contribution is 2.22. The van der Waals surface area contributed by atoms with Crippen LogP contribution < -0.4 is 10.6 Å². The molecule has 134 valence electrons. The molecule has 0 unspecified atom stereocenters. The molecule has 0 aliphatic carbocycles. The second-order valence-corrected chi connectivity index (χ2v) is 6.82. The van der Waals surface area contributed by atoms with Gasteiger partial charge in [0.25, 0.3) is 0 Å². The summed E-state index contributed by atoms with van der Waals surface area (Å²) in [6.07, 6.45) is 2.76. The van der Waals surface area contributed by atoms with Crippen LogP contribution in [-0.2, 0) is 4.74 Å². The van der Waals surface area contributed by atoms with Crippen molar-refractivity contribution < 1.29 is 9.53 Å². The van der Waals surface area contributed by atoms with Gasteiger partial charge in [0.15, 0.2) is 0 Å². The maximum atomic E-state index is 12.4. The number of aromatic nitrogens is 1. The Morgan fingerprint density at radius 1 is 1.50 bits per heavy atom. The summed E-state index contributed by atoms with van der Waals surface area (Å²) in [6, 6.07) is 3.94. The van der Waals surface area contributed by atoms with Gasteiger partial charge in [0.05, 0.1) is 18.3 Å². The van der Waals surface area contributed by atoms with E-state index in [1.54, 1.807) is 13.3 Å². The number of ether oxygens (including phenoxy) is 1. The van der Waals surface area contributed by atoms with Crippen LogP contribution in [0.3, 0.4) is 0 Å². The first-order chi connectivity index (χ1) is 11.5. The molecule has 6 nitrogen and oxygen atoms in total. The maximum absolute atomic E-state index is 12.4. The van der Waals surface area contributed by atoms with Crippen LogP contribution in [0.15, 0.2) is 18.3 Å². The fourth-order valence-corrected chi connectivity index (χ4v) is 3.12. The van der Waals surface area contributed by atoms with Crippen LogP contribution in [0.2, 0.25) is 0 Å². The number of hydrogen-bond acceptors (Lipinski definition) is 4. The van der Waals surface area contributed by atoms with Gasteiger partial charge in [-0.1, -0.05) is 19.9 Å². The number of nitrogens with one attached hydrogen (secondary N) is 2. The molecule has 1 aliphatic heterocycles. The van der Waals surface area contributed by atoms with Crippen molar-refractivity contribution in [3.63, 3.8) is 0 Å². The van der Waals surface area contributed by atoms with Crippen LogP contribution in [0.25, 0.3) is 0 Å². The summed E-state index contributed by atoms with van der Waals surface area (Å²) >= 11 is 0. The zero-order chi connectivity index (χ0) is 17.5. The second kappa shape index (κ2) is 8.99. The Morgan fingerprint density at radius 2 is 2.29 bits per heavy atom. The van der Waals surface area contributed by atoms with Crippen molar-refractivity contribution in [1.82, 2.24) is 20.5 Å². The van der Waals surface area contributed by atoms with Gasteiger partial charge in [0.2, 0.25) is 0 Å². The van der Waals surface area contributed by atoms with Gasteiger partial charge in [-0.05, 0) is 30.9 Å². The molecule has 2 amide bonds. The summed E-state index contributed by atoms with van der Waals surface area (Å²) in [5.41, 5.74) is 2.04. The van der Waals surface area contributed by atoms with Crippen molar-refractivity contribution >= 4 is 6.03 Å². The van der Waals surface area contributed by atoms with Crippen LogP contribution >= 0.6 is 0 Å². The topological polar surface area (TPSA) is 66.5 Å². The number of nitrogens with zero attached hydrogens (tertiary/aromatic N) is 2. The van der Waals surface area contributed by atoms with Crippen molar-refractivity contribution in [2.24, 2.45) is 5.92 Å². The van der Waals surface area contributed by atoms with Crippen LogP contribution in [0, 0.1) is 12.8 Å². The van der Waals surface area contributed by atoms with E-state index >= 15 is 0 Å². The molecule has 0 bridgehead atoms. The summed E-state index contributed by atoms with van der Waals surface area (Å²) in [5.74, 6) is 0.270. The van der Waals surface area contributed by atoms with E-state index in [4.69, 9.17) is 4.74 Å². The van der Waals surface area contributed by atoms with E-state index in [1.165, 1.54) is 0 Å². The number of carbonyl (C=O) groups excluding carboxylic acids is 1. The molecule has 24 heavy (non-hydrogen) atoms. The molecule has 0 saturated carbocycles. The molecule has 0 aromatic carbocycles. The van der Waals surface area contributed by atoms with Crippen molar-refractivity contribution in [1.29, 1.82) is 0 Å². The standard InChI is InChI=1S/C18H30N4O2/c1-13(2)16(17-14(3)6-5-8-19-17)21-18(23)20-15-7-9-22(12-15)10-11-24-4/h5-6,8,13,15-16H,7,9-12H2,1-4H3,(H2,20,21,23)/t15-,16-/m1/s1. The predicted octanol–water partition coefficient (Wildman–Crippen LogP) is 2.11. The first-order valence-corrected chi connectivity index (χ1v) is 8.71. The molecule has 0 spiro atoms. The zero-order valence-electron chi connectivity index (χ0n) is 15.2. The third kappa shape index (κ3) is 5.18. The Hall–Kier alpha value is -1.66. The maximum Gasteiger partial charge on any atom is 0.315 e. The monoisotopic (exact) mass is 334 g/mol. The van der Waals surface area contributed by atoms with Crippen LogP contribution in [0.4, 0.5) is 4.79 Å². The van der Waals surface area contributed by atoms with Crippen molar-refractivity contribution in [2.45, 2.75) is 39.3 Å². The highest BCUT2D eigenvalue weighted by atomic mass is 16.5. The lowest BCUT2D eigenvalue weighted by Crippen LogP contribution is -2.46. The zero-order valence-corrected chi connectivity index (χ0v) is 15.2. The second-order valence-electron chi connectivity index (χ2n) is 6.82. The Labute approximate surface area is 145 Å². The Bertz CT molecular complexity index is 536. The minimum absolute atomic E-state index is 0.0859. The summed E-state index contributed by atoms with van der Waals surface area (Å²) in [5, 5.41) is 6.20. The van der Waals surface area contributed by atoms with Gasteiger partial charge in [0, 0.05) is 39.0 Å². The number of amides is 2. The predicted molar refractivity (Wildman–Crippen MR) is 94.9 cm³/mol. The van der Waals surface area contributed by atoms with Crippen LogP contribution in [-0.4, -0.2) is 55.3 Å². The summed E-state index contributed by atoms with van der Waals surface area (Å²) < 4.78 is 5.11. The minimum atomic E-state index is -0.114. The van der Waals surface area contributed by atoms with E-state index in [1.807, 2.05) is 19.1 Å². The van der Waals surface area contributed by atoms with Crippen molar-refractivity contribution in [2.75, 3.05) is 33.4 Å². The van der Waals surface area contributed by atoms with Crippen LogP contribution in [0.5, 0.6) is 0 Å². The smallest absolute Gasteiger partial charge is 0.315 e. The molecule has 2 atom stereocenters. The molecule has 1 aromatic rings. The van der Waals surface area contributed by atoms with E-state index in [9.17, 15) is 4.79 Å². The van der Waals surface area contributed by atoms with Gasteiger partial charge >= 0.3 is 6.03 Å². The van der Waals surface area contributed by atoms with Gasteiger partial charge in [-0.3, -0.25) is 9.88 Å². The number of rotatable bonds is 7. The van der Waals surface area contributed by atoms with E-state index in [-0.39, 0.29) is 24.0 Å². The first-order valence-electron chi connectivity index (χ1n) is 8.71. The largest absolute Gasteiger partial charge is 0.383 e. The Morgan fingerprint density at radius 3 is 2.96 bits per heavy atom. The number of likely N-dealkylation sites (tertiary alicyclic amines) is 1. The molecule has 6 heteroatoms. The number of urea groups is 1. The number of aryl methyl sites for hydroxylation is 1. The van der Waals surface area contributed by atoms with E-state index in [0.717, 1.165) is 43.9 Å². The van der Waals surface area contributed by atoms with E-state index in [0.29, 0.717) is 0 Å². The SMILES string of the molecule is COCCN1CC[C@@H](NC(=O)N[C@@H](c2ncccc2C)C(C)C)C1. The molecule has 1 fully saturated rings. The van der Waals surface area contributed by atoms with Gasteiger partial charge in [-0.15, -0.1) is 0 Å². The number of hydrogen-bond donors (Lipinski definition) is 2. The third-order valence-electron chi connectivity index (χ3n) is 4.52. The molecule has 2 heterocycles. The lowest BCUT2D eigenvalue weighted by Gasteiger charge is -2.24. The highest BCUT2D eigenvalue weighted by molar-refractivity contribution is 5.74. The number of pyridine rings is 1. The quantitative estimate of drug-likeness (QED) is 0.801. The number of methoxy groups -OCH3 is 1. The molecular weight excluding hydrogens is 304 g/mol.